The number of hydrogen-bond acceptors (Lipinski definition) is 0. The average molecular weight is 186 g/mol. The van der Waals surface area contributed by atoms with E-state index < -0.39 is 0 Å². The third-order valence-electron chi connectivity index (χ3n) is 2.09. The lowest BCUT2D eigenvalue weighted by Crippen LogP contribution is -1.68. The van der Waals surface area contributed by atoms with Crippen LogP contribution in [0.25, 0.3) is 0 Å². The van der Waals surface area contributed by atoms with Gasteiger partial charge in [0.05, 0.1) is 0 Å². The first-order chi connectivity index (χ1) is 6.93. The Balaban J connectivity index is 2.12. The minimum Gasteiger partial charge on any atom is -0.0917 e. The summed E-state index contributed by atoms with van der Waals surface area (Å²) in [5.41, 5.74) is 1.29. The van der Waals surface area contributed by atoms with Gasteiger partial charge in [-0.25, -0.2) is 0 Å². The first-order valence-electron chi connectivity index (χ1n) is 5.26. The molecule has 1 aliphatic carbocycles. The first kappa shape index (κ1) is 10.8. The highest BCUT2D eigenvalue weighted by Crippen LogP contribution is 2.07. The number of unbranched alkanes of at least 4 members (excludes halogenated alkanes) is 2. The monoisotopic (exact) mass is 186 g/mol. The van der Waals surface area contributed by atoms with Crippen LogP contribution >= 0.6 is 0 Å². The van der Waals surface area contributed by atoms with Gasteiger partial charge in [0.1, 0.15) is 0 Å². The largest absolute Gasteiger partial charge is 0.0917 e. The first-order valence-corrected chi connectivity index (χ1v) is 5.26. The Kier molecular flexibility index (Phi) is 5.49. The smallest absolute Gasteiger partial charge is 0.0257 e. The Morgan fingerprint density at radius 2 is 1.79 bits per heavy atom. The molecule has 0 aliphatic heterocycles. The molecule has 1 rings (SSSR count). The lowest BCUT2D eigenvalue weighted by molar-refractivity contribution is 0.867. The van der Waals surface area contributed by atoms with Gasteiger partial charge in [-0.15, -0.1) is 0 Å². The van der Waals surface area contributed by atoms with Crippen LogP contribution in [0.4, 0.5) is 0 Å². The highest BCUT2D eigenvalue weighted by atomic mass is 13.9. The van der Waals surface area contributed by atoms with Gasteiger partial charge in [0.25, 0.3) is 0 Å². The molecule has 0 fully saturated rings. The Hall–Kier alpha value is -1.30. The van der Waals surface area contributed by atoms with E-state index in [4.69, 9.17) is 0 Å². The van der Waals surface area contributed by atoms with Crippen molar-refractivity contribution in [2.24, 2.45) is 0 Å². The van der Waals surface area contributed by atoms with Crippen LogP contribution in [0.5, 0.6) is 0 Å². The van der Waals surface area contributed by atoms with Crippen molar-refractivity contribution >= 4 is 0 Å². The molecule has 0 amide bonds. The van der Waals surface area contributed by atoms with Crippen molar-refractivity contribution in [3.8, 4) is 0 Å². The van der Waals surface area contributed by atoms with E-state index in [-0.39, 0.29) is 0 Å². The fraction of sp³-hybridized carbons (Fsp3) is 0.286. The Bertz CT molecular complexity index is 271. The maximum Gasteiger partial charge on any atom is -0.0257 e. The molecule has 0 N–H and O–H groups in total. The molecule has 74 valence electrons. The maximum absolute atomic E-state index is 2.23. The summed E-state index contributed by atoms with van der Waals surface area (Å²) in [4.78, 5) is 0. The molecule has 0 aromatic carbocycles. The molecule has 0 saturated carbocycles. The van der Waals surface area contributed by atoms with E-state index >= 15 is 0 Å². The lowest BCUT2D eigenvalue weighted by atomic mass is 10.2. The predicted molar refractivity (Wildman–Crippen MR) is 64.2 cm³/mol. The lowest BCUT2D eigenvalue weighted by Gasteiger charge is -1.89. The highest BCUT2D eigenvalue weighted by molar-refractivity contribution is 5.41. The van der Waals surface area contributed by atoms with E-state index in [9.17, 15) is 0 Å². The van der Waals surface area contributed by atoms with Crippen molar-refractivity contribution in [3.05, 3.63) is 60.3 Å². The Morgan fingerprint density at radius 1 is 1.07 bits per heavy atom. The molecule has 0 unspecified atom stereocenters. The summed E-state index contributed by atoms with van der Waals surface area (Å²) in [5.74, 6) is 0. The van der Waals surface area contributed by atoms with Crippen LogP contribution in [-0.2, 0) is 0 Å². The number of allylic oxidation sites excluding steroid dienone is 10. The normalized spacial score (nSPS) is 15.1. The molecule has 0 heterocycles. The van der Waals surface area contributed by atoms with E-state index in [1.807, 2.05) is 0 Å². The van der Waals surface area contributed by atoms with Crippen molar-refractivity contribution < 1.29 is 0 Å². The molecule has 0 saturated heterocycles. The third kappa shape index (κ3) is 4.66. The molecule has 0 spiro atoms. The molecule has 0 aromatic heterocycles. The van der Waals surface area contributed by atoms with Crippen molar-refractivity contribution in [2.75, 3.05) is 0 Å². The van der Waals surface area contributed by atoms with Crippen LogP contribution in [0, 0.1) is 0 Å². The van der Waals surface area contributed by atoms with E-state index in [1.54, 1.807) is 0 Å². The molecule has 0 atom stereocenters. The van der Waals surface area contributed by atoms with Gasteiger partial charge in [-0.1, -0.05) is 54.7 Å². The zero-order valence-electron chi connectivity index (χ0n) is 8.82. The fourth-order valence-electron chi connectivity index (χ4n) is 1.30. The van der Waals surface area contributed by atoms with Gasteiger partial charge >= 0.3 is 0 Å². The van der Waals surface area contributed by atoms with Gasteiger partial charge in [0.2, 0.25) is 0 Å². The molecule has 0 radical (unpaired) electrons. The SMILES string of the molecule is C/C=C\CCC/C=C/C=C1C=CC=C1. The molecule has 0 aromatic rings. The molecule has 0 heteroatoms. The van der Waals surface area contributed by atoms with Crippen molar-refractivity contribution in [1.82, 2.24) is 0 Å². The van der Waals surface area contributed by atoms with Crippen LogP contribution in [0.15, 0.2) is 60.3 Å². The summed E-state index contributed by atoms with van der Waals surface area (Å²) >= 11 is 0. The molecule has 0 nitrogen and oxygen atoms in total. The highest BCUT2D eigenvalue weighted by Gasteiger charge is 1.86. The average Bonchev–Trinajstić information content (AvgIpc) is 2.69. The predicted octanol–water partition coefficient (Wildman–Crippen LogP) is 4.34. The molecule has 14 heavy (non-hydrogen) atoms. The molecule has 1 aliphatic rings. The van der Waals surface area contributed by atoms with Crippen LogP contribution < -0.4 is 0 Å². The zero-order chi connectivity index (χ0) is 10.1. The second-order valence-electron chi connectivity index (χ2n) is 3.31. The van der Waals surface area contributed by atoms with Gasteiger partial charge in [-0.2, -0.15) is 0 Å². The van der Waals surface area contributed by atoms with Crippen LogP contribution in [0.1, 0.15) is 26.2 Å². The Morgan fingerprint density at radius 3 is 2.50 bits per heavy atom. The Labute approximate surface area is 87.0 Å². The van der Waals surface area contributed by atoms with Gasteiger partial charge in [0.15, 0.2) is 0 Å². The van der Waals surface area contributed by atoms with Crippen molar-refractivity contribution in [1.29, 1.82) is 0 Å². The second kappa shape index (κ2) is 7.14. The number of rotatable bonds is 5. The molecule has 0 bridgehead atoms. The topological polar surface area (TPSA) is 0 Å². The summed E-state index contributed by atoms with van der Waals surface area (Å²) in [6.45, 7) is 2.07. The summed E-state index contributed by atoms with van der Waals surface area (Å²) in [6.07, 6.45) is 22.8. The van der Waals surface area contributed by atoms with Crippen LogP contribution in [-0.4, -0.2) is 0 Å². The maximum atomic E-state index is 2.23. The van der Waals surface area contributed by atoms with Crippen LogP contribution in [0.3, 0.4) is 0 Å². The quantitative estimate of drug-likeness (QED) is 0.442. The van der Waals surface area contributed by atoms with Crippen molar-refractivity contribution in [3.63, 3.8) is 0 Å². The summed E-state index contributed by atoms with van der Waals surface area (Å²) in [7, 11) is 0. The van der Waals surface area contributed by atoms with Gasteiger partial charge in [-0.3, -0.25) is 0 Å². The zero-order valence-corrected chi connectivity index (χ0v) is 8.82. The third-order valence-corrected chi connectivity index (χ3v) is 2.09. The summed E-state index contributed by atoms with van der Waals surface area (Å²) in [6, 6.07) is 0. The van der Waals surface area contributed by atoms with Gasteiger partial charge in [0, 0.05) is 0 Å². The van der Waals surface area contributed by atoms with E-state index in [0.29, 0.717) is 0 Å². The fourth-order valence-corrected chi connectivity index (χ4v) is 1.30. The van der Waals surface area contributed by atoms with Gasteiger partial charge in [-0.05, 0) is 31.8 Å². The number of hydrogen-bond donors (Lipinski definition) is 0. The summed E-state index contributed by atoms with van der Waals surface area (Å²) in [5, 5.41) is 0. The second-order valence-corrected chi connectivity index (χ2v) is 3.31. The van der Waals surface area contributed by atoms with E-state index in [1.165, 1.54) is 24.8 Å². The van der Waals surface area contributed by atoms with Crippen molar-refractivity contribution in [2.45, 2.75) is 26.2 Å². The van der Waals surface area contributed by atoms with E-state index in [0.717, 1.165) is 0 Å². The summed E-state index contributed by atoms with van der Waals surface area (Å²) < 4.78 is 0. The molecular formula is C14H18. The molecular weight excluding hydrogens is 168 g/mol. The standard InChI is InChI=1S/C14H18/c1-2-3-4-5-6-7-8-11-14-12-9-10-13-14/h2-3,7-13H,4-6H2,1H3/b3-2-,8-7+. The van der Waals surface area contributed by atoms with Gasteiger partial charge < -0.3 is 0 Å². The van der Waals surface area contributed by atoms with E-state index in [2.05, 4.69) is 61.6 Å². The van der Waals surface area contributed by atoms with Crippen LogP contribution in [0.2, 0.25) is 0 Å². The minimum atomic E-state index is 1.17. The minimum absolute atomic E-state index is 1.17.